The summed E-state index contributed by atoms with van der Waals surface area (Å²) in [6.45, 7) is 0. The molecular weight excluding hydrogens is 308 g/mol. The molecule has 0 bridgehead atoms. The number of carboxylic acid groups (broad SMARTS) is 1. The van der Waals surface area contributed by atoms with Gasteiger partial charge in [-0.25, -0.2) is 18.3 Å². The molecule has 2 heterocycles. The second-order valence-electron chi connectivity index (χ2n) is 4.65. The third kappa shape index (κ3) is 2.48. The Hall–Kier alpha value is -3.03. The number of halogens is 2. The molecule has 2 aromatic heterocycles. The number of ether oxygens (including phenoxy) is 1. The number of alkyl halides is 2. The summed E-state index contributed by atoms with van der Waals surface area (Å²) < 4.78 is 32.6. The first-order valence-electron chi connectivity index (χ1n) is 6.54. The average molecular weight is 318 g/mol. The van der Waals surface area contributed by atoms with Gasteiger partial charge in [-0.3, -0.25) is 0 Å². The number of benzene rings is 1. The van der Waals surface area contributed by atoms with Crippen LogP contribution in [0.5, 0.6) is 5.75 Å². The lowest BCUT2D eigenvalue weighted by atomic mass is 10.1. The first kappa shape index (κ1) is 14.9. The van der Waals surface area contributed by atoms with E-state index in [1.54, 1.807) is 24.3 Å². The number of para-hydroxylation sites is 1. The van der Waals surface area contributed by atoms with Gasteiger partial charge in [0.25, 0.3) is 6.43 Å². The number of nitrogens with zero attached hydrogens (tertiary/aromatic N) is 3. The van der Waals surface area contributed by atoms with Gasteiger partial charge in [-0.15, -0.1) is 0 Å². The van der Waals surface area contributed by atoms with E-state index in [1.165, 1.54) is 7.11 Å². The summed E-state index contributed by atoms with van der Waals surface area (Å²) in [5, 5.41) is 14.8. The van der Waals surface area contributed by atoms with Crippen molar-refractivity contribution in [3.8, 4) is 17.0 Å². The number of rotatable bonds is 4. The van der Waals surface area contributed by atoms with E-state index in [4.69, 9.17) is 4.74 Å². The quantitative estimate of drug-likeness (QED) is 0.731. The van der Waals surface area contributed by atoms with Crippen molar-refractivity contribution in [1.29, 1.82) is 0 Å². The van der Waals surface area contributed by atoms with E-state index in [0.717, 1.165) is 16.8 Å². The Morgan fingerprint density at radius 2 is 2.09 bits per heavy atom. The van der Waals surface area contributed by atoms with Crippen molar-refractivity contribution >= 4 is 11.6 Å². The molecule has 0 atom stereocenters. The Morgan fingerprint density at radius 1 is 1.35 bits per heavy atom. The van der Waals surface area contributed by atoms with Gasteiger partial charge in [-0.05, 0) is 18.2 Å². The fourth-order valence-corrected chi connectivity index (χ4v) is 2.28. The zero-order chi connectivity index (χ0) is 16.6. The van der Waals surface area contributed by atoms with Crippen LogP contribution in [0.3, 0.4) is 0 Å². The van der Waals surface area contributed by atoms with Gasteiger partial charge in [0.2, 0.25) is 0 Å². The maximum atomic E-state index is 13.3. The molecule has 0 aliphatic heterocycles. The number of hydrogen-bond acceptors (Lipinski definition) is 5. The predicted molar refractivity (Wildman–Crippen MR) is 74.3 cm³/mol. The average Bonchev–Trinajstić information content (AvgIpc) is 2.97. The van der Waals surface area contributed by atoms with Gasteiger partial charge in [0.15, 0.2) is 5.65 Å². The SMILES string of the molecule is COc1ccccc1-c1cc(C(F)F)n2ncc(C(=O)[O-])c2n1. The van der Waals surface area contributed by atoms with Gasteiger partial charge in [-0.1, -0.05) is 12.1 Å². The highest BCUT2D eigenvalue weighted by Crippen LogP contribution is 2.31. The van der Waals surface area contributed by atoms with Crippen LogP contribution in [-0.4, -0.2) is 27.7 Å². The molecular formula is C15H10F2N3O3-. The number of hydrogen-bond donors (Lipinski definition) is 0. The molecule has 0 saturated carbocycles. The van der Waals surface area contributed by atoms with E-state index in [1.807, 2.05) is 0 Å². The highest BCUT2D eigenvalue weighted by atomic mass is 19.3. The Labute approximate surface area is 129 Å². The van der Waals surface area contributed by atoms with Crippen LogP contribution in [0.15, 0.2) is 36.5 Å². The minimum Gasteiger partial charge on any atom is -0.545 e. The molecule has 0 amide bonds. The molecule has 3 aromatic rings. The van der Waals surface area contributed by atoms with E-state index in [9.17, 15) is 18.7 Å². The maximum Gasteiger partial charge on any atom is 0.280 e. The van der Waals surface area contributed by atoms with Crippen LogP contribution in [0.25, 0.3) is 16.9 Å². The van der Waals surface area contributed by atoms with E-state index >= 15 is 0 Å². The van der Waals surface area contributed by atoms with Gasteiger partial charge < -0.3 is 14.6 Å². The fourth-order valence-electron chi connectivity index (χ4n) is 2.28. The molecule has 0 spiro atoms. The number of aromatic carboxylic acids is 1. The maximum absolute atomic E-state index is 13.3. The van der Waals surface area contributed by atoms with Gasteiger partial charge in [0, 0.05) is 5.56 Å². The zero-order valence-corrected chi connectivity index (χ0v) is 11.9. The van der Waals surface area contributed by atoms with Crippen molar-refractivity contribution in [1.82, 2.24) is 14.6 Å². The molecule has 1 aromatic carbocycles. The Bertz CT molecular complexity index is 893. The number of methoxy groups -OCH3 is 1. The largest absolute Gasteiger partial charge is 0.545 e. The highest BCUT2D eigenvalue weighted by Gasteiger charge is 2.20. The lowest BCUT2D eigenvalue weighted by Crippen LogP contribution is -2.22. The topological polar surface area (TPSA) is 79.5 Å². The second-order valence-corrected chi connectivity index (χ2v) is 4.65. The summed E-state index contributed by atoms with van der Waals surface area (Å²) in [6, 6.07) is 7.87. The molecule has 0 radical (unpaired) electrons. The first-order valence-corrected chi connectivity index (χ1v) is 6.54. The van der Waals surface area contributed by atoms with Crippen molar-refractivity contribution in [2.45, 2.75) is 6.43 Å². The van der Waals surface area contributed by atoms with Crippen molar-refractivity contribution in [3.05, 3.63) is 47.8 Å². The van der Waals surface area contributed by atoms with Crippen LogP contribution in [0.4, 0.5) is 8.78 Å². The molecule has 3 rings (SSSR count). The van der Waals surface area contributed by atoms with Crippen molar-refractivity contribution < 1.29 is 23.4 Å². The third-order valence-corrected chi connectivity index (χ3v) is 3.33. The van der Waals surface area contributed by atoms with E-state index in [0.29, 0.717) is 11.3 Å². The Balaban J connectivity index is 2.33. The van der Waals surface area contributed by atoms with Gasteiger partial charge in [-0.2, -0.15) is 5.10 Å². The summed E-state index contributed by atoms with van der Waals surface area (Å²) in [4.78, 5) is 15.3. The van der Waals surface area contributed by atoms with Gasteiger partial charge in [0.05, 0.1) is 30.5 Å². The second kappa shape index (κ2) is 5.64. The molecule has 0 N–H and O–H groups in total. The van der Waals surface area contributed by atoms with Crippen LogP contribution < -0.4 is 9.84 Å². The first-order chi connectivity index (χ1) is 11.0. The monoisotopic (exact) mass is 318 g/mol. The minimum atomic E-state index is -2.86. The van der Waals surface area contributed by atoms with Crippen molar-refractivity contribution in [2.24, 2.45) is 0 Å². The molecule has 8 heteroatoms. The molecule has 0 aliphatic carbocycles. The van der Waals surface area contributed by atoms with Crippen LogP contribution in [0, 0.1) is 0 Å². The van der Waals surface area contributed by atoms with Crippen LogP contribution in [0.2, 0.25) is 0 Å². The van der Waals surface area contributed by atoms with Gasteiger partial charge >= 0.3 is 0 Å². The number of carbonyl (C=O) groups is 1. The smallest absolute Gasteiger partial charge is 0.280 e. The lowest BCUT2D eigenvalue weighted by molar-refractivity contribution is -0.254. The van der Waals surface area contributed by atoms with E-state index in [2.05, 4.69) is 10.1 Å². The molecule has 0 unspecified atom stereocenters. The van der Waals surface area contributed by atoms with Crippen LogP contribution >= 0.6 is 0 Å². The number of aromatic nitrogens is 3. The Morgan fingerprint density at radius 3 is 2.74 bits per heavy atom. The number of carbonyl (C=O) groups excluding carboxylic acids is 1. The van der Waals surface area contributed by atoms with Crippen molar-refractivity contribution in [3.63, 3.8) is 0 Å². The van der Waals surface area contributed by atoms with E-state index < -0.39 is 18.1 Å². The summed E-state index contributed by atoms with van der Waals surface area (Å²) in [6.07, 6.45) is -1.92. The summed E-state index contributed by atoms with van der Waals surface area (Å²) in [5.41, 5.74) is -0.408. The summed E-state index contributed by atoms with van der Waals surface area (Å²) in [5.74, 6) is -1.11. The molecule has 0 saturated heterocycles. The predicted octanol–water partition coefficient (Wildman–Crippen LogP) is 1.71. The Kier molecular flexibility index (Phi) is 3.65. The third-order valence-electron chi connectivity index (χ3n) is 3.33. The zero-order valence-electron chi connectivity index (χ0n) is 11.9. The standard InChI is InChI=1S/C15H11F2N3O3/c1-23-12-5-3-2-4-8(12)10-6-11(13(16)17)20-14(19-10)9(7-18-20)15(21)22/h2-7,13H,1H3,(H,21,22)/p-1. The van der Waals surface area contributed by atoms with Crippen molar-refractivity contribution in [2.75, 3.05) is 7.11 Å². The molecule has 0 fully saturated rings. The lowest BCUT2D eigenvalue weighted by Gasteiger charge is -2.11. The summed E-state index contributed by atoms with van der Waals surface area (Å²) >= 11 is 0. The summed E-state index contributed by atoms with van der Waals surface area (Å²) in [7, 11) is 1.44. The molecule has 23 heavy (non-hydrogen) atoms. The normalized spacial score (nSPS) is 11.1. The molecule has 0 aliphatic rings. The number of fused-ring (bicyclic) bond motifs is 1. The van der Waals surface area contributed by atoms with Gasteiger partial charge in [0.1, 0.15) is 11.4 Å². The minimum absolute atomic E-state index is 0.160. The highest BCUT2D eigenvalue weighted by molar-refractivity contribution is 5.93. The molecule has 6 nitrogen and oxygen atoms in total. The van der Waals surface area contributed by atoms with Crippen LogP contribution in [0.1, 0.15) is 22.5 Å². The number of carboxylic acids is 1. The van der Waals surface area contributed by atoms with Crippen LogP contribution in [-0.2, 0) is 0 Å². The fraction of sp³-hybridized carbons (Fsp3) is 0.133. The van der Waals surface area contributed by atoms with E-state index in [-0.39, 0.29) is 16.9 Å². The molecule has 118 valence electrons.